The van der Waals surface area contributed by atoms with Crippen LogP contribution in [0.4, 0.5) is 13.2 Å². The highest BCUT2D eigenvalue weighted by Gasteiger charge is 2.26. The van der Waals surface area contributed by atoms with Crippen LogP contribution >= 0.6 is 0 Å². The van der Waals surface area contributed by atoms with Crippen LogP contribution in [-0.2, 0) is 14.8 Å². The molecule has 0 aliphatic heterocycles. The van der Waals surface area contributed by atoms with Gasteiger partial charge in [-0.3, -0.25) is 0 Å². The molecule has 0 saturated carbocycles. The molecule has 108 valence electrons. The quantitative estimate of drug-likeness (QED) is 0.745. The van der Waals surface area contributed by atoms with Crippen molar-refractivity contribution in [3.05, 3.63) is 29.6 Å². The van der Waals surface area contributed by atoms with E-state index in [1.165, 1.54) is 7.11 Å². The van der Waals surface area contributed by atoms with Crippen LogP contribution < -0.4 is 4.72 Å². The first-order valence-electron chi connectivity index (χ1n) is 5.09. The minimum atomic E-state index is -4.44. The first-order valence-corrected chi connectivity index (χ1v) is 6.57. The summed E-state index contributed by atoms with van der Waals surface area (Å²) in [5.41, 5.74) is 0. The Hall–Kier alpha value is -1.16. The van der Waals surface area contributed by atoms with Crippen molar-refractivity contribution < 1.29 is 31.4 Å². The molecule has 0 aliphatic rings. The van der Waals surface area contributed by atoms with Crippen molar-refractivity contribution >= 4 is 10.0 Å². The Morgan fingerprint density at radius 2 is 1.95 bits per heavy atom. The second-order valence-corrected chi connectivity index (χ2v) is 5.31. The van der Waals surface area contributed by atoms with Crippen molar-refractivity contribution in [2.24, 2.45) is 0 Å². The zero-order chi connectivity index (χ0) is 14.6. The molecule has 9 heteroatoms. The highest BCUT2D eigenvalue weighted by atomic mass is 32.2. The molecule has 0 fully saturated rings. The number of ether oxygens (including phenoxy) is 1. The third-order valence-corrected chi connectivity index (χ3v) is 3.74. The van der Waals surface area contributed by atoms with Gasteiger partial charge in [0.2, 0.25) is 10.0 Å². The lowest BCUT2D eigenvalue weighted by Gasteiger charge is -2.15. The molecule has 0 heterocycles. The van der Waals surface area contributed by atoms with Crippen LogP contribution in [0.3, 0.4) is 0 Å². The molecule has 1 rings (SSSR count). The Kier molecular flexibility index (Phi) is 5.29. The van der Waals surface area contributed by atoms with Gasteiger partial charge in [0.15, 0.2) is 17.5 Å². The van der Waals surface area contributed by atoms with E-state index in [0.29, 0.717) is 12.1 Å². The van der Waals surface area contributed by atoms with E-state index in [9.17, 15) is 21.6 Å². The fourth-order valence-electron chi connectivity index (χ4n) is 1.32. The molecule has 5 nitrogen and oxygen atoms in total. The van der Waals surface area contributed by atoms with Crippen LogP contribution in [-0.4, -0.2) is 39.9 Å². The number of sulfonamides is 1. The topological polar surface area (TPSA) is 75.6 Å². The summed E-state index contributed by atoms with van der Waals surface area (Å²) in [6.07, 6.45) is 0. The first kappa shape index (κ1) is 15.9. The largest absolute Gasteiger partial charge is 0.395 e. The Morgan fingerprint density at radius 1 is 1.32 bits per heavy atom. The van der Waals surface area contributed by atoms with Crippen molar-refractivity contribution in [1.82, 2.24) is 4.72 Å². The molecule has 0 saturated heterocycles. The lowest BCUT2D eigenvalue weighted by atomic mass is 10.3. The summed E-state index contributed by atoms with van der Waals surface area (Å²) in [6, 6.07) is 0.0664. The van der Waals surface area contributed by atoms with Gasteiger partial charge in [0.25, 0.3) is 0 Å². The number of benzene rings is 1. The predicted octanol–water partition coefficient (Wildman–Crippen LogP) is 0.390. The van der Waals surface area contributed by atoms with Gasteiger partial charge in [0, 0.05) is 7.11 Å². The molecule has 0 aromatic heterocycles. The molecule has 0 radical (unpaired) electrons. The molecule has 2 N–H and O–H groups in total. The zero-order valence-corrected chi connectivity index (χ0v) is 10.7. The molecule has 1 aromatic rings. The van der Waals surface area contributed by atoms with E-state index in [1.54, 1.807) is 0 Å². The van der Waals surface area contributed by atoms with Gasteiger partial charge in [-0.1, -0.05) is 0 Å². The lowest BCUT2D eigenvalue weighted by molar-refractivity contribution is 0.139. The monoisotopic (exact) mass is 299 g/mol. The van der Waals surface area contributed by atoms with Crippen LogP contribution in [0.25, 0.3) is 0 Å². The van der Waals surface area contributed by atoms with Crippen LogP contribution in [0.1, 0.15) is 0 Å². The van der Waals surface area contributed by atoms with Gasteiger partial charge in [0.1, 0.15) is 4.90 Å². The molecule has 1 aromatic carbocycles. The van der Waals surface area contributed by atoms with E-state index in [-0.39, 0.29) is 6.61 Å². The van der Waals surface area contributed by atoms with Crippen molar-refractivity contribution in [3.8, 4) is 0 Å². The molecule has 19 heavy (non-hydrogen) atoms. The minimum absolute atomic E-state index is 0.166. The summed E-state index contributed by atoms with van der Waals surface area (Å²) in [7, 11) is -3.16. The second-order valence-electron chi connectivity index (χ2n) is 3.63. The summed E-state index contributed by atoms with van der Waals surface area (Å²) >= 11 is 0. The fourth-order valence-corrected chi connectivity index (χ4v) is 2.60. The maximum Gasteiger partial charge on any atom is 0.244 e. The molecule has 1 unspecified atom stereocenters. The molecule has 0 spiro atoms. The Morgan fingerprint density at radius 3 is 2.47 bits per heavy atom. The minimum Gasteiger partial charge on any atom is -0.395 e. The van der Waals surface area contributed by atoms with Crippen LogP contribution in [0, 0.1) is 17.5 Å². The first-order chi connectivity index (χ1) is 8.83. The van der Waals surface area contributed by atoms with E-state index in [0.717, 1.165) is 0 Å². The lowest BCUT2D eigenvalue weighted by Crippen LogP contribution is -2.40. The molecular formula is C10H12F3NO4S. The maximum atomic E-state index is 13.4. The number of nitrogens with one attached hydrogen (secondary N) is 1. The van der Waals surface area contributed by atoms with E-state index in [2.05, 4.69) is 4.74 Å². The smallest absolute Gasteiger partial charge is 0.244 e. The number of hydrogen-bond donors (Lipinski definition) is 2. The molecular weight excluding hydrogens is 287 g/mol. The summed E-state index contributed by atoms with van der Waals surface area (Å²) in [5.74, 6) is -5.19. The van der Waals surface area contributed by atoms with Crippen LogP contribution in [0.2, 0.25) is 0 Å². The van der Waals surface area contributed by atoms with E-state index < -0.39 is 45.0 Å². The third-order valence-electron chi connectivity index (χ3n) is 2.20. The van der Waals surface area contributed by atoms with E-state index in [4.69, 9.17) is 5.11 Å². The summed E-state index contributed by atoms with van der Waals surface area (Å²) < 4.78 is 69.1. The molecule has 0 amide bonds. The summed E-state index contributed by atoms with van der Waals surface area (Å²) in [5, 5.41) is 8.90. The Balaban J connectivity index is 3.10. The zero-order valence-electron chi connectivity index (χ0n) is 9.86. The Bertz CT molecular complexity index is 550. The molecule has 0 bridgehead atoms. The summed E-state index contributed by atoms with van der Waals surface area (Å²) in [6.45, 7) is -0.764. The fraction of sp³-hybridized carbons (Fsp3) is 0.400. The molecule has 1 atom stereocenters. The van der Waals surface area contributed by atoms with Gasteiger partial charge in [-0.25, -0.2) is 26.3 Å². The van der Waals surface area contributed by atoms with Crippen molar-refractivity contribution in [3.63, 3.8) is 0 Å². The van der Waals surface area contributed by atoms with Crippen molar-refractivity contribution in [2.45, 2.75) is 10.9 Å². The van der Waals surface area contributed by atoms with Gasteiger partial charge >= 0.3 is 0 Å². The van der Waals surface area contributed by atoms with Gasteiger partial charge in [0.05, 0.1) is 19.3 Å². The number of hydrogen-bond acceptors (Lipinski definition) is 4. The van der Waals surface area contributed by atoms with Gasteiger partial charge in [-0.05, 0) is 12.1 Å². The van der Waals surface area contributed by atoms with Gasteiger partial charge in [-0.2, -0.15) is 0 Å². The van der Waals surface area contributed by atoms with Gasteiger partial charge < -0.3 is 9.84 Å². The third kappa shape index (κ3) is 3.66. The van der Waals surface area contributed by atoms with Crippen molar-refractivity contribution in [1.29, 1.82) is 0 Å². The van der Waals surface area contributed by atoms with Crippen LogP contribution in [0.15, 0.2) is 17.0 Å². The second kappa shape index (κ2) is 6.33. The summed E-state index contributed by atoms with van der Waals surface area (Å²) in [4.78, 5) is -1.04. The number of aliphatic hydroxyl groups excluding tert-OH is 1. The predicted molar refractivity (Wildman–Crippen MR) is 59.4 cm³/mol. The highest BCUT2D eigenvalue weighted by Crippen LogP contribution is 2.19. The SMILES string of the molecule is COCC(CO)NS(=O)(=O)c1ccc(F)c(F)c1F. The average molecular weight is 299 g/mol. The number of methoxy groups -OCH3 is 1. The van der Waals surface area contributed by atoms with E-state index in [1.807, 2.05) is 4.72 Å². The highest BCUT2D eigenvalue weighted by molar-refractivity contribution is 7.89. The van der Waals surface area contributed by atoms with Gasteiger partial charge in [-0.15, -0.1) is 0 Å². The normalized spacial score (nSPS) is 13.5. The number of halogens is 3. The molecule has 0 aliphatic carbocycles. The average Bonchev–Trinajstić information content (AvgIpc) is 2.34. The standard InChI is InChI=1S/C10H12F3NO4S/c1-18-5-6(4-15)14-19(16,17)8-3-2-7(11)9(12)10(8)13/h2-3,6,14-15H,4-5H2,1H3. The number of rotatable bonds is 6. The van der Waals surface area contributed by atoms with E-state index >= 15 is 0 Å². The van der Waals surface area contributed by atoms with Crippen molar-refractivity contribution in [2.75, 3.05) is 20.3 Å². The Labute approximate surface area is 108 Å². The maximum absolute atomic E-state index is 13.4. The number of aliphatic hydroxyl groups is 1. The van der Waals surface area contributed by atoms with Crippen LogP contribution in [0.5, 0.6) is 0 Å².